The topological polar surface area (TPSA) is 43.8 Å². The molecule has 0 fully saturated rings. The van der Waals surface area contributed by atoms with Crippen LogP contribution in [0.4, 0.5) is 5.82 Å². The van der Waals surface area contributed by atoms with Crippen LogP contribution in [0.1, 0.15) is 0 Å². The van der Waals surface area contributed by atoms with Crippen LogP contribution in [-0.2, 0) is 7.05 Å². The van der Waals surface area contributed by atoms with Gasteiger partial charge in [0.25, 0.3) is 0 Å². The number of aromatic nitrogens is 2. The van der Waals surface area contributed by atoms with Gasteiger partial charge in [-0.05, 0) is 35.9 Å². The van der Waals surface area contributed by atoms with Crippen molar-refractivity contribution >= 4 is 28.5 Å². The number of anilines is 1. The summed E-state index contributed by atoms with van der Waals surface area (Å²) < 4.78 is 2.09. The molecule has 2 heterocycles. The molecule has 0 spiro atoms. The zero-order valence-corrected chi connectivity index (χ0v) is 10.6. The van der Waals surface area contributed by atoms with Crippen molar-refractivity contribution in [3.63, 3.8) is 0 Å². The molecule has 0 amide bonds. The van der Waals surface area contributed by atoms with Crippen molar-refractivity contribution in [3.05, 3.63) is 47.5 Å². The Bertz CT molecular complexity index is 731. The average molecular weight is 258 g/mol. The summed E-state index contributed by atoms with van der Waals surface area (Å²) in [6.07, 6.45) is 0. The van der Waals surface area contributed by atoms with Gasteiger partial charge < -0.3 is 10.3 Å². The molecule has 0 saturated heterocycles. The smallest absolute Gasteiger partial charge is 0.124 e. The fourth-order valence-electron chi connectivity index (χ4n) is 2.15. The minimum atomic E-state index is 0.533. The molecule has 3 rings (SSSR count). The van der Waals surface area contributed by atoms with E-state index in [1.165, 1.54) is 0 Å². The van der Waals surface area contributed by atoms with Gasteiger partial charge >= 0.3 is 0 Å². The van der Waals surface area contributed by atoms with E-state index in [1.54, 1.807) is 0 Å². The van der Waals surface area contributed by atoms with Gasteiger partial charge in [-0.2, -0.15) is 0 Å². The number of aryl methyl sites for hydroxylation is 1. The van der Waals surface area contributed by atoms with Crippen LogP contribution in [0, 0.1) is 0 Å². The molecule has 3 aromatic rings. The maximum absolute atomic E-state index is 6.03. The molecule has 4 heteroatoms. The first-order valence-electron chi connectivity index (χ1n) is 5.63. The Morgan fingerprint density at radius 3 is 2.78 bits per heavy atom. The van der Waals surface area contributed by atoms with Gasteiger partial charge in [0.2, 0.25) is 0 Å². The molecule has 0 aliphatic rings. The van der Waals surface area contributed by atoms with E-state index >= 15 is 0 Å². The van der Waals surface area contributed by atoms with Crippen LogP contribution >= 0.6 is 11.6 Å². The lowest BCUT2D eigenvalue weighted by molar-refractivity contribution is 0.977. The van der Waals surface area contributed by atoms with Gasteiger partial charge in [0, 0.05) is 12.1 Å². The first-order valence-corrected chi connectivity index (χ1v) is 6.01. The third-order valence-electron chi connectivity index (χ3n) is 3.04. The van der Waals surface area contributed by atoms with Gasteiger partial charge in [0.15, 0.2) is 0 Å². The number of hydrogen-bond donors (Lipinski definition) is 1. The summed E-state index contributed by atoms with van der Waals surface area (Å²) in [5.41, 5.74) is 9.80. The van der Waals surface area contributed by atoms with E-state index < -0.39 is 0 Å². The second kappa shape index (κ2) is 4.03. The molecule has 2 aromatic heterocycles. The lowest BCUT2D eigenvalue weighted by atomic mass is 10.1. The predicted octanol–water partition coefficient (Wildman–Crippen LogP) is 3.48. The van der Waals surface area contributed by atoms with Crippen LogP contribution in [0.2, 0.25) is 5.02 Å². The number of hydrogen-bond acceptors (Lipinski definition) is 2. The third kappa shape index (κ3) is 1.73. The summed E-state index contributed by atoms with van der Waals surface area (Å²) in [5.74, 6) is 0.533. The Morgan fingerprint density at radius 2 is 2.00 bits per heavy atom. The van der Waals surface area contributed by atoms with Crippen LogP contribution in [0.25, 0.3) is 22.3 Å². The highest BCUT2D eigenvalue weighted by Crippen LogP contribution is 2.28. The summed E-state index contributed by atoms with van der Waals surface area (Å²) in [5, 5.41) is 0.727. The van der Waals surface area contributed by atoms with Crippen molar-refractivity contribution in [1.29, 1.82) is 0 Å². The minimum absolute atomic E-state index is 0.533. The van der Waals surface area contributed by atoms with Crippen LogP contribution in [0.5, 0.6) is 0 Å². The van der Waals surface area contributed by atoms with Gasteiger partial charge in [0.1, 0.15) is 5.82 Å². The summed E-state index contributed by atoms with van der Waals surface area (Å²) in [6.45, 7) is 0. The maximum atomic E-state index is 6.03. The molecule has 0 atom stereocenters. The highest BCUT2D eigenvalue weighted by Gasteiger charge is 2.09. The molecular formula is C14H12ClN3. The molecule has 0 bridgehead atoms. The van der Waals surface area contributed by atoms with E-state index in [2.05, 4.69) is 9.55 Å². The molecule has 0 unspecified atom stereocenters. The van der Waals surface area contributed by atoms with Crippen LogP contribution in [-0.4, -0.2) is 9.55 Å². The third-order valence-corrected chi connectivity index (χ3v) is 3.28. The first kappa shape index (κ1) is 11.1. The second-order valence-corrected chi connectivity index (χ2v) is 4.68. The number of fused-ring (bicyclic) bond motifs is 1. The van der Waals surface area contributed by atoms with Crippen molar-refractivity contribution < 1.29 is 0 Å². The van der Waals surface area contributed by atoms with Gasteiger partial charge in [-0.3, -0.25) is 0 Å². The first-order chi connectivity index (χ1) is 8.65. The van der Waals surface area contributed by atoms with Gasteiger partial charge in [-0.1, -0.05) is 23.7 Å². The van der Waals surface area contributed by atoms with Gasteiger partial charge in [-0.25, -0.2) is 4.98 Å². The van der Waals surface area contributed by atoms with E-state index in [4.69, 9.17) is 17.3 Å². The summed E-state index contributed by atoms with van der Waals surface area (Å²) >= 11 is 6.03. The van der Waals surface area contributed by atoms with Crippen molar-refractivity contribution in [2.24, 2.45) is 7.05 Å². The highest BCUT2D eigenvalue weighted by molar-refractivity contribution is 6.30. The SMILES string of the molecule is Cn1c(-c2cccc(Cl)c2)cc2nc(N)ccc21. The molecular weight excluding hydrogens is 246 g/mol. The number of nitrogens with zero attached hydrogens (tertiary/aromatic N) is 2. The standard InChI is InChI=1S/C14H12ClN3/c1-18-12-5-6-14(16)17-11(12)8-13(18)9-3-2-4-10(15)7-9/h2-8H,1H3,(H2,16,17). The lowest BCUT2D eigenvalue weighted by Gasteiger charge is -2.04. The quantitative estimate of drug-likeness (QED) is 0.725. The second-order valence-electron chi connectivity index (χ2n) is 4.24. The normalized spacial score (nSPS) is 11.0. The van der Waals surface area contributed by atoms with Crippen LogP contribution < -0.4 is 5.73 Å². The molecule has 0 aliphatic heterocycles. The Kier molecular flexibility index (Phi) is 2.49. The zero-order valence-electron chi connectivity index (χ0n) is 9.89. The van der Waals surface area contributed by atoms with Crippen molar-refractivity contribution in [1.82, 2.24) is 9.55 Å². The van der Waals surface area contributed by atoms with Crippen LogP contribution in [0.15, 0.2) is 42.5 Å². The fourth-order valence-corrected chi connectivity index (χ4v) is 2.34. The number of halogens is 1. The molecule has 2 N–H and O–H groups in total. The van der Waals surface area contributed by atoms with E-state index in [9.17, 15) is 0 Å². The summed E-state index contributed by atoms with van der Waals surface area (Å²) in [4.78, 5) is 4.33. The number of nitrogens with two attached hydrogens (primary N) is 1. The van der Waals surface area contributed by atoms with Crippen molar-refractivity contribution in [2.45, 2.75) is 0 Å². The Morgan fingerprint density at radius 1 is 1.17 bits per heavy atom. The number of nitrogen functional groups attached to an aromatic ring is 1. The Labute approximate surface area is 110 Å². The maximum Gasteiger partial charge on any atom is 0.124 e. The largest absolute Gasteiger partial charge is 0.384 e. The summed E-state index contributed by atoms with van der Waals surface area (Å²) in [6, 6.07) is 13.6. The minimum Gasteiger partial charge on any atom is -0.384 e. The van der Waals surface area contributed by atoms with Gasteiger partial charge in [-0.15, -0.1) is 0 Å². The Hall–Kier alpha value is -2.00. The predicted molar refractivity (Wildman–Crippen MR) is 75.6 cm³/mol. The monoisotopic (exact) mass is 257 g/mol. The molecule has 0 aliphatic carbocycles. The van der Waals surface area contributed by atoms with Crippen molar-refractivity contribution in [2.75, 3.05) is 5.73 Å². The molecule has 1 aromatic carbocycles. The van der Waals surface area contributed by atoms with E-state index in [0.29, 0.717) is 5.82 Å². The lowest BCUT2D eigenvalue weighted by Crippen LogP contribution is -1.92. The van der Waals surface area contributed by atoms with E-state index in [1.807, 2.05) is 49.5 Å². The van der Waals surface area contributed by atoms with Crippen molar-refractivity contribution in [3.8, 4) is 11.3 Å². The van der Waals surface area contributed by atoms with E-state index in [-0.39, 0.29) is 0 Å². The highest BCUT2D eigenvalue weighted by atomic mass is 35.5. The zero-order chi connectivity index (χ0) is 12.7. The Balaban J connectivity index is 2.27. The average Bonchev–Trinajstić information content (AvgIpc) is 2.66. The van der Waals surface area contributed by atoms with Gasteiger partial charge in [0.05, 0.1) is 16.7 Å². The number of pyridine rings is 1. The number of rotatable bonds is 1. The molecule has 18 heavy (non-hydrogen) atoms. The summed E-state index contributed by atoms with van der Waals surface area (Å²) in [7, 11) is 2.01. The van der Waals surface area contributed by atoms with Crippen LogP contribution in [0.3, 0.4) is 0 Å². The molecule has 0 saturated carbocycles. The number of benzene rings is 1. The molecule has 0 radical (unpaired) electrons. The molecule has 90 valence electrons. The fraction of sp³-hybridized carbons (Fsp3) is 0.0714. The van der Waals surface area contributed by atoms with E-state index in [0.717, 1.165) is 27.3 Å². The molecule has 3 nitrogen and oxygen atoms in total.